The van der Waals surface area contributed by atoms with Gasteiger partial charge in [0.2, 0.25) is 5.91 Å². The van der Waals surface area contributed by atoms with Crippen LogP contribution in [0.25, 0.3) is 6.08 Å². The van der Waals surface area contributed by atoms with Crippen LogP contribution in [0.3, 0.4) is 0 Å². The summed E-state index contributed by atoms with van der Waals surface area (Å²) in [5.41, 5.74) is 3.28. The molecular formula is C21H19BrN2O5S. The van der Waals surface area contributed by atoms with Gasteiger partial charge in [-0.1, -0.05) is 22.0 Å². The summed E-state index contributed by atoms with van der Waals surface area (Å²) >= 11 is 4.06. The van der Waals surface area contributed by atoms with Crippen LogP contribution in [-0.2, 0) is 9.59 Å². The van der Waals surface area contributed by atoms with Gasteiger partial charge in [0.1, 0.15) is 6.54 Å². The highest BCUT2D eigenvalue weighted by atomic mass is 79.9. The van der Waals surface area contributed by atoms with E-state index < -0.39 is 17.1 Å². The standard InChI is InChI=1S/C21H19BrN2O5S/c1-11-4-5-14(6-12(11)2)23-19(26)10-24-20(27)18(30-21(24)28)8-13-7-17(29-3)16(25)9-15(13)22/h4-9,25H,10H2,1-3H3,(H,23,26)/b18-8-. The van der Waals surface area contributed by atoms with Crippen molar-refractivity contribution in [2.45, 2.75) is 13.8 Å². The van der Waals surface area contributed by atoms with Gasteiger partial charge in [-0.2, -0.15) is 0 Å². The second-order valence-electron chi connectivity index (χ2n) is 6.66. The van der Waals surface area contributed by atoms with Gasteiger partial charge in [-0.05, 0) is 72.6 Å². The lowest BCUT2D eigenvalue weighted by Gasteiger charge is -2.13. The average Bonchev–Trinajstić information content (AvgIpc) is 2.94. The highest BCUT2D eigenvalue weighted by molar-refractivity contribution is 9.10. The Balaban J connectivity index is 1.75. The molecule has 2 N–H and O–H groups in total. The van der Waals surface area contributed by atoms with Gasteiger partial charge in [-0.15, -0.1) is 0 Å². The van der Waals surface area contributed by atoms with Crippen molar-refractivity contribution in [3.05, 3.63) is 56.4 Å². The zero-order chi connectivity index (χ0) is 22.0. The van der Waals surface area contributed by atoms with E-state index in [2.05, 4.69) is 21.2 Å². The third-order valence-corrected chi connectivity index (χ3v) is 6.14. The molecule has 0 atom stereocenters. The number of imide groups is 1. The van der Waals surface area contributed by atoms with Crippen LogP contribution in [0.15, 0.2) is 39.7 Å². The van der Waals surface area contributed by atoms with Crippen molar-refractivity contribution in [1.29, 1.82) is 0 Å². The first-order valence-corrected chi connectivity index (χ1v) is 10.5. The Morgan fingerprint density at radius 3 is 2.63 bits per heavy atom. The summed E-state index contributed by atoms with van der Waals surface area (Å²) in [6.07, 6.45) is 1.51. The quantitative estimate of drug-likeness (QED) is 0.600. The molecule has 1 fully saturated rings. The number of thioether (sulfide) groups is 1. The number of benzene rings is 2. The van der Waals surface area contributed by atoms with Crippen molar-refractivity contribution in [2.24, 2.45) is 0 Å². The topological polar surface area (TPSA) is 95.9 Å². The SMILES string of the molecule is COc1cc(/C=C2\SC(=O)N(CC(=O)Nc3ccc(C)c(C)c3)C2=O)c(Br)cc1O. The van der Waals surface area contributed by atoms with Gasteiger partial charge in [0.25, 0.3) is 11.1 Å². The van der Waals surface area contributed by atoms with Crippen molar-refractivity contribution in [1.82, 2.24) is 4.90 Å². The van der Waals surface area contributed by atoms with Crippen LogP contribution in [0, 0.1) is 13.8 Å². The number of ether oxygens (including phenoxy) is 1. The van der Waals surface area contributed by atoms with Crippen molar-refractivity contribution in [3.63, 3.8) is 0 Å². The van der Waals surface area contributed by atoms with Gasteiger partial charge in [-0.3, -0.25) is 19.3 Å². The van der Waals surface area contributed by atoms with E-state index in [9.17, 15) is 19.5 Å². The summed E-state index contributed by atoms with van der Waals surface area (Å²) in [7, 11) is 1.41. The van der Waals surface area contributed by atoms with Crippen LogP contribution in [-0.4, -0.2) is 40.7 Å². The molecule has 1 heterocycles. The molecular weight excluding hydrogens is 472 g/mol. The third kappa shape index (κ3) is 4.68. The summed E-state index contributed by atoms with van der Waals surface area (Å²) in [5, 5.41) is 12.0. The molecule has 2 aromatic rings. The van der Waals surface area contributed by atoms with Crippen molar-refractivity contribution in [2.75, 3.05) is 19.0 Å². The van der Waals surface area contributed by atoms with Crippen molar-refractivity contribution < 1.29 is 24.2 Å². The Morgan fingerprint density at radius 2 is 1.97 bits per heavy atom. The fraction of sp³-hybridized carbons (Fsp3) is 0.190. The van der Waals surface area contributed by atoms with Crippen molar-refractivity contribution >= 4 is 56.5 Å². The first-order chi connectivity index (χ1) is 14.2. The zero-order valence-electron chi connectivity index (χ0n) is 16.5. The number of phenolic OH excluding ortho intramolecular Hbond substituents is 1. The predicted octanol–water partition coefficient (Wildman–Crippen LogP) is 4.46. The zero-order valence-corrected chi connectivity index (χ0v) is 18.9. The number of anilines is 1. The number of halogens is 1. The van der Waals surface area contributed by atoms with Crippen LogP contribution in [0.2, 0.25) is 0 Å². The molecule has 1 aliphatic heterocycles. The van der Waals surface area contributed by atoms with Gasteiger partial charge < -0.3 is 15.2 Å². The smallest absolute Gasteiger partial charge is 0.294 e. The lowest BCUT2D eigenvalue weighted by Crippen LogP contribution is -2.36. The summed E-state index contributed by atoms with van der Waals surface area (Å²) < 4.78 is 5.60. The molecule has 1 aliphatic rings. The first kappa shape index (κ1) is 21.9. The van der Waals surface area contributed by atoms with E-state index >= 15 is 0 Å². The number of nitrogens with one attached hydrogen (secondary N) is 1. The maximum Gasteiger partial charge on any atom is 0.294 e. The fourth-order valence-corrected chi connectivity index (χ4v) is 4.05. The normalized spacial score (nSPS) is 15.1. The highest BCUT2D eigenvalue weighted by Gasteiger charge is 2.36. The fourth-order valence-electron chi connectivity index (χ4n) is 2.77. The number of phenols is 1. The number of nitrogens with zero attached hydrogens (tertiary/aromatic N) is 1. The van der Waals surface area contributed by atoms with E-state index in [0.29, 0.717) is 15.7 Å². The van der Waals surface area contributed by atoms with E-state index in [1.807, 2.05) is 26.0 Å². The van der Waals surface area contributed by atoms with Gasteiger partial charge in [0.15, 0.2) is 11.5 Å². The van der Waals surface area contributed by atoms with E-state index in [1.54, 1.807) is 12.1 Å². The first-order valence-electron chi connectivity index (χ1n) is 8.88. The minimum atomic E-state index is -0.556. The van der Waals surface area contributed by atoms with Gasteiger partial charge in [-0.25, -0.2) is 0 Å². The number of hydrogen-bond donors (Lipinski definition) is 2. The maximum absolute atomic E-state index is 12.7. The third-order valence-electron chi connectivity index (χ3n) is 4.55. The number of aryl methyl sites for hydroxylation is 2. The largest absolute Gasteiger partial charge is 0.504 e. The summed E-state index contributed by atoms with van der Waals surface area (Å²) in [6, 6.07) is 8.46. The maximum atomic E-state index is 12.7. The molecule has 0 radical (unpaired) electrons. The predicted molar refractivity (Wildman–Crippen MR) is 120 cm³/mol. The Kier molecular flexibility index (Phi) is 6.52. The number of hydrogen-bond acceptors (Lipinski definition) is 6. The molecule has 7 nitrogen and oxygen atoms in total. The van der Waals surface area contributed by atoms with Crippen molar-refractivity contribution in [3.8, 4) is 11.5 Å². The van der Waals surface area contributed by atoms with E-state index in [-0.39, 0.29) is 22.9 Å². The highest BCUT2D eigenvalue weighted by Crippen LogP contribution is 2.37. The second kappa shape index (κ2) is 8.93. The molecule has 3 rings (SSSR count). The van der Waals surface area contributed by atoms with Gasteiger partial charge in [0.05, 0.1) is 12.0 Å². The van der Waals surface area contributed by atoms with E-state index in [1.165, 1.54) is 19.3 Å². The summed E-state index contributed by atoms with van der Waals surface area (Å²) in [4.78, 5) is 38.4. The van der Waals surface area contributed by atoms with Crippen LogP contribution >= 0.6 is 27.7 Å². The Bertz CT molecular complexity index is 1080. The van der Waals surface area contributed by atoms with E-state index in [0.717, 1.165) is 27.8 Å². The van der Waals surface area contributed by atoms with Gasteiger partial charge in [0, 0.05) is 10.2 Å². The molecule has 2 aromatic carbocycles. The number of methoxy groups -OCH3 is 1. The molecule has 3 amide bonds. The molecule has 0 unspecified atom stereocenters. The molecule has 0 bridgehead atoms. The molecule has 9 heteroatoms. The minimum Gasteiger partial charge on any atom is -0.504 e. The molecule has 0 aromatic heterocycles. The van der Waals surface area contributed by atoms with Crippen LogP contribution in [0.1, 0.15) is 16.7 Å². The Hall–Kier alpha value is -2.78. The van der Waals surface area contributed by atoms with Crippen LogP contribution < -0.4 is 10.1 Å². The number of aromatic hydroxyl groups is 1. The molecule has 1 saturated heterocycles. The Labute approximate surface area is 186 Å². The summed E-state index contributed by atoms with van der Waals surface area (Å²) in [6.45, 7) is 3.52. The Morgan fingerprint density at radius 1 is 1.23 bits per heavy atom. The van der Waals surface area contributed by atoms with Crippen LogP contribution in [0.4, 0.5) is 10.5 Å². The summed E-state index contributed by atoms with van der Waals surface area (Å²) in [5.74, 6) is -0.845. The molecule has 0 spiro atoms. The lowest BCUT2D eigenvalue weighted by molar-refractivity contribution is -0.127. The molecule has 156 valence electrons. The molecule has 30 heavy (non-hydrogen) atoms. The number of rotatable bonds is 5. The monoisotopic (exact) mass is 490 g/mol. The van der Waals surface area contributed by atoms with E-state index in [4.69, 9.17) is 4.74 Å². The number of carbonyl (C=O) groups excluding carboxylic acids is 3. The lowest BCUT2D eigenvalue weighted by atomic mass is 10.1. The molecule has 0 saturated carbocycles. The number of carbonyl (C=O) groups is 3. The van der Waals surface area contributed by atoms with Gasteiger partial charge >= 0.3 is 0 Å². The van der Waals surface area contributed by atoms with Crippen LogP contribution in [0.5, 0.6) is 11.5 Å². The second-order valence-corrected chi connectivity index (χ2v) is 8.51. The number of amides is 3. The average molecular weight is 491 g/mol. The molecule has 0 aliphatic carbocycles. The minimum absolute atomic E-state index is 0.0577.